The topological polar surface area (TPSA) is 69.4 Å². The van der Waals surface area contributed by atoms with Crippen LogP contribution in [-0.4, -0.2) is 15.8 Å². The van der Waals surface area contributed by atoms with E-state index in [1.54, 1.807) is 19.2 Å². The maximum absolute atomic E-state index is 10.4. The molecule has 0 saturated heterocycles. The molecule has 0 aliphatic carbocycles. The monoisotopic (exact) mass is 185 g/mol. The van der Waals surface area contributed by atoms with E-state index in [1.807, 2.05) is 0 Å². The Bertz CT molecular complexity index is 284. The standard InChI is InChI=1S/C7H10N2O2S/c1-9(8)6-2-4-7(5-3-6)12(10)11/h2-5H,8H2,1H3,(H,10,11)/p-1. The van der Waals surface area contributed by atoms with Gasteiger partial charge in [-0.25, -0.2) is 5.84 Å². The Hall–Kier alpha value is -0.910. The molecule has 0 aromatic heterocycles. The molecular formula is C7H9N2O2S-. The van der Waals surface area contributed by atoms with Crippen molar-refractivity contribution < 1.29 is 8.76 Å². The predicted octanol–water partition coefficient (Wildman–Crippen LogP) is 0.235. The lowest BCUT2D eigenvalue weighted by atomic mass is 10.3. The summed E-state index contributed by atoms with van der Waals surface area (Å²) in [6.07, 6.45) is 0. The molecule has 0 saturated carbocycles. The Balaban J connectivity index is 2.93. The van der Waals surface area contributed by atoms with Gasteiger partial charge >= 0.3 is 0 Å². The molecule has 1 aromatic rings. The lowest BCUT2D eigenvalue weighted by molar-refractivity contribution is 0.537. The first-order chi connectivity index (χ1) is 5.61. The van der Waals surface area contributed by atoms with Crippen molar-refractivity contribution in [2.75, 3.05) is 12.1 Å². The molecule has 66 valence electrons. The van der Waals surface area contributed by atoms with Crippen molar-refractivity contribution in [1.82, 2.24) is 0 Å². The molecular weight excluding hydrogens is 176 g/mol. The van der Waals surface area contributed by atoms with Crippen molar-refractivity contribution in [3.05, 3.63) is 24.3 Å². The fourth-order valence-corrected chi connectivity index (χ4v) is 1.15. The summed E-state index contributed by atoms with van der Waals surface area (Å²) in [7, 11) is 1.68. The summed E-state index contributed by atoms with van der Waals surface area (Å²) in [5.41, 5.74) is 0.768. The summed E-state index contributed by atoms with van der Waals surface area (Å²) >= 11 is -2.16. The average Bonchev–Trinajstić information content (AvgIpc) is 2.04. The summed E-state index contributed by atoms with van der Waals surface area (Å²) in [6.45, 7) is 0. The summed E-state index contributed by atoms with van der Waals surface area (Å²) in [5.74, 6) is 5.42. The van der Waals surface area contributed by atoms with E-state index in [-0.39, 0.29) is 4.90 Å². The van der Waals surface area contributed by atoms with E-state index in [9.17, 15) is 8.76 Å². The van der Waals surface area contributed by atoms with E-state index < -0.39 is 11.1 Å². The van der Waals surface area contributed by atoms with Gasteiger partial charge in [-0.15, -0.1) is 0 Å². The van der Waals surface area contributed by atoms with Crippen LogP contribution in [0.25, 0.3) is 0 Å². The Morgan fingerprint density at radius 3 is 2.25 bits per heavy atom. The van der Waals surface area contributed by atoms with Crippen LogP contribution in [0, 0.1) is 0 Å². The zero-order valence-electron chi connectivity index (χ0n) is 6.56. The average molecular weight is 185 g/mol. The number of hydrogen-bond donors (Lipinski definition) is 1. The molecule has 0 spiro atoms. The Morgan fingerprint density at radius 1 is 1.42 bits per heavy atom. The number of nitrogens with zero attached hydrogens (tertiary/aromatic N) is 1. The molecule has 0 amide bonds. The van der Waals surface area contributed by atoms with Gasteiger partial charge in [0.05, 0.1) is 5.69 Å². The van der Waals surface area contributed by atoms with Gasteiger partial charge in [0.1, 0.15) is 0 Å². The first-order valence-electron chi connectivity index (χ1n) is 3.29. The van der Waals surface area contributed by atoms with Crippen LogP contribution in [0.4, 0.5) is 5.69 Å². The summed E-state index contributed by atoms with van der Waals surface area (Å²) in [6, 6.07) is 6.29. The Morgan fingerprint density at radius 2 is 1.92 bits per heavy atom. The molecule has 2 N–H and O–H groups in total. The number of anilines is 1. The molecule has 1 atom stereocenters. The highest BCUT2D eigenvalue weighted by Crippen LogP contribution is 2.12. The molecule has 4 nitrogen and oxygen atoms in total. The number of rotatable bonds is 2. The highest BCUT2D eigenvalue weighted by Gasteiger charge is 1.95. The van der Waals surface area contributed by atoms with Crippen LogP contribution in [0.1, 0.15) is 0 Å². The first kappa shape index (κ1) is 9.18. The molecule has 0 radical (unpaired) electrons. The van der Waals surface area contributed by atoms with Gasteiger partial charge in [-0.2, -0.15) is 0 Å². The van der Waals surface area contributed by atoms with Crippen LogP contribution in [0.3, 0.4) is 0 Å². The van der Waals surface area contributed by atoms with Crippen molar-refractivity contribution >= 4 is 16.8 Å². The van der Waals surface area contributed by atoms with Gasteiger partial charge in [0.15, 0.2) is 0 Å². The van der Waals surface area contributed by atoms with E-state index in [0.29, 0.717) is 0 Å². The molecule has 0 fully saturated rings. The lowest BCUT2D eigenvalue weighted by Crippen LogP contribution is -2.24. The van der Waals surface area contributed by atoms with Crippen LogP contribution in [0.2, 0.25) is 0 Å². The third kappa shape index (κ3) is 2.04. The Kier molecular flexibility index (Phi) is 2.80. The predicted molar refractivity (Wildman–Crippen MR) is 46.2 cm³/mol. The minimum Gasteiger partial charge on any atom is -0.768 e. The van der Waals surface area contributed by atoms with Crippen LogP contribution >= 0.6 is 0 Å². The van der Waals surface area contributed by atoms with Gasteiger partial charge in [0.2, 0.25) is 0 Å². The fourth-order valence-electron chi connectivity index (χ4n) is 0.792. The maximum Gasteiger partial charge on any atom is 0.0514 e. The van der Waals surface area contributed by atoms with E-state index in [0.717, 1.165) is 5.69 Å². The van der Waals surface area contributed by atoms with Crippen molar-refractivity contribution in [2.24, 2.45) is 5.84 Å². The van der Waals surface area contributed by atoms with Crippen LogP contribution < -0.4 is 10.9 Å². The number of hydrazine groups is 1. The summed E-state index contributed by atoms with van der Waals surface area (Å²) in [5, 5.41) is 1.41. The minimum absolute atomic E-state index is 0.264. The highest BCUT2D eigenvalue weighted by atomic mass is 32.2. The largest absolute Gasteiger partial charge is 0.768 e. The van der Waals surface area contributed by atoms with Gasteiger partial charge in [-0.05, 0) is 35.3 Å². The molecule has 0 heterocycles. The molecule has 0 aliphatic rings. The second kappa shape index (κ2) is 3.66. The molecule has 0 aliphatic heterocycles. The van der Waals surface area contributed by atoms with Crippen molar-refractivity contribution in [1.29, 1.82) is 0 Å². The highest BCUT2D eigenvalue weighted by molar-refractivity contribution is 7.79. The van der Waals surface area contributed by atoms with Crippen molar-refractivity contribution in [3.8, 4) is 0 Å². The number of hydrogen-bond acceptors (Lipinski definition) is 4. The normalized spacial score (nSPS) is 12.6. The first-order valence-corrected chi connectivity index (χ1v) is 4.36. The van der Waals surface area contributed by atoms with E-state index >= 15 is 0 Å². The van der Waals surface area contributed by atoms with E-state index in [1.165, 1.54) is 17.1 Å². The van der Waals surface area contributed by atoms with Gasteiger partial charge in [0, 0.05) is 11.9 Å². The zero-order chi connectivity index (χ0) is 9.14. The van der Waals surface area contributed by atoms with Crippen molar-refractivity contribution in [2.45, 2.75) is 4.90 Å². The second-order valence-corrected chi connectivity index (χ2v) is 3.28. The zero-order valence-corrected chi connectivity index (χ0v) is 7.38. The third-order valence-electron chi connectivity index (χ3n) is 1.44. The van der Waals surface area contributed by atoms with Crippen molar-refractivity contribution in [3.63, 3.8) is 0 Å². The molecule has 5 heteroatoms. The molecule has 0 bridgehead atoms. The van der Waals surface area contributed by atoms with E-state index in [2.05, 4.69) is 0 Å². The van der Waals surface area contributed by atoms with Gasteiger partial charge < -0.3 is 9.56 Å². The smallest absolute Gasteiger partial charge is 0.0514 e. The molecule has 1 unspecified atom stereocenters. The van der Waals surface area contributed by atoms with Gasteiger partial charge in [0.25, 0.3) is 0 Å². The third-order valence-corrected chi connectivity index (χ3v) is 2.09. The molecule has 1 aromatic carbocycles. The van der Waals surface area contributed by atoms with Crippen LogP contribution in [0.15, 0.2) is 29.2 Å². The summed E-state index contributed by atoms with van der Waals surface area (Å²) in [4.78, 5) is 0.264. The molecule has 1 rings (SSSR count). The van der Waals surface area contributed by atoms with Crippen LogP contribution in [-0.2, 0) is 11.1 Å². The number of nitrogens with two attached hydrogens (primary N) is 1. The lowest BCUT2D eigenvalue weighted by Gasteiger charge is -2.12. The SMILES string of the molecule is CN(N)c1ccc(S(=O)[O-])cc1. The molecule has 12 heavy (non-hydrogen) atoms. The summed E-state index contributed by atoms with van der Waals surface area (Å²) < 4.78 is 20.9. The van der Waals surface area contributed by atoms with Gasteiger partial charge in [-0.1, -0.05) is 0 Å². The minimum atomic E-state index is -2.16. The van der Waals surface area contributed by atoms with Gasteiger partial charge in [-0.3, -0.25) is 4.21 Å². The maximum atomic E-state index is 10.4. The fraction of sp³-hybridized carbons (Fsp3) is 0.143. The number of benzene rings is 1. The quantitative estimate of drug-likeness (QED) is 0.407. The van der Waals surface area contributed by atoms with Crippen LogP contribution in [0.5, 0.6) is 0 Å². The second-order valence-electron chi connectivity index (χ2n) is 2.34. The Labute approximate surface area is 73.2 Å². The van der Waals surface area contributed by atoms with E-state index in [4.69, 9.17) is 5.84 Å².